The Balaban J connectivity index is 1.77. The number of aryl methyl sites for hydroxylation is 3. The highest BCUT2D eigenvalue weighted by atomic mass is 16.5. The first-order valence-electron chi connectivity index (χ1n) is 8.15. The van der Waals surface area contributed by atoms with Crippen LogP contribution in [0.25, 0.3) is 0 Å². The lowest BCUT2D eigenvalue weighted by Crippen LogP contribution is -2.28. The molecule has 1 saturated heterocycles. The van der Waals surface area contributed by atoms with Crippen LogP contribution in [0.4, 0.5) is 11.5 Å². The summed E-state index contributed by atoms with van der Waals surface area (Å²) in [6, 6.07) is 7.47. The number of benzene rings is 1. The first-order chi connectivity index (χ1) is 11.9. The van der Waals surface area contributed by atoms with Gasteiger partial charge in [0, 0.05) is 26.1 Å². The Morgan fingerprint density at radius 1 is 1.32 bits per heavy atom. The quantitative estimate of drug-likeness (QED) is 0.922. The van der Waals surface area contributed by atoms with E-state index in [-0.39, 0.29) is 18.2 Å². The molecule has 132 valence electrons. The van der Waals surface area contributed by atoms with E-state index in [2.05, 4.69) is 10.4 Å². The van der Waals surface area contributed by atoms with Gasteiger partial charge in [-0.05, 0) is 31.5 Å². The highest BCUT2D eigenvalue weighted by molar-refractivity contribution is 6.04. The van der Waals surface area contributed by atoms with Crippen molar-refractivity contribution >= 4 is 23.3 Å². The highest BCUT2D eigenvalue weighted by Crippen LogP contribution is 2.34. The van der Waals surface area contributed by atoms with Crippen molar-refractivity contribution in [2.45, 2.75) is 20.3 Å². The van der Waals surface area contributed by atoms with E-state index in [9.17, 15) is 9.59 Å². The first-order valence-corrected chi connectivity index (χ1v) is 8.15. The molecule has 1 aliphatic heterocycles. The zero-order chi connectivity index (χ0) is 18.1. The van der Waals surface area contributed by atoms with Crippen LogP contribution in [-0.4, -0.2) is 35.2 Å². The minimum atomic E-state index is -0.409. The summed E-state index contributed by atoms with van der Waals surface area (Å²) in [6.45, 7) is 4.15. The maximum atomic E-state index is 12.6. The van der Waals surface area contributed by atoms with E-state index in [0.717, 1.165) is 11.3 Å². The van der Waals surface area contributed by atoms with Gasteiger partial charge in [0.15, 0.2) is 0 Å². The molecule has 1 aliphatic rings. The van der Waals surface area contributed by atoms with E-state index < -0.39 is 5.92 Å². The number of nitrogens with zero attached hydrogens (tertiary/aromatic N) is 3. The van der Waals surface area contributed by atoms with E-state index in [0.29, 0.717) is 23.8 Å². The molecule has 0 spiro atoms. The third kappa shape index (κ3) is 3.35. The lowest BCUT2D eigenvalue weighted by atomic mass is 10.1. The second-order valence-electron chi connectivity index (χ2n) is 6.36. The van der Waals surface area contributed by atoms with Crippen LogP contribution in [0.3, 0.4) is 0 Å². The molecule has 0 saturated carbocycles. The van der Waals surface area contributed by atoms with Gasteiger partial charge in [-0.2, -0.15) is 5.10 Å². The van der Waals surface area contributed by atoms with Crippen molar-refractivity contribution < 1.29 is 14.3 Å². The summed E-state index contributed by atoms with van der Waals surface area (Å²) in [5.41, 5.74) is 2.56. The number of anilines is 2. The van der Waals surface area contributed by atoms with Gasteiger partial charge in [-0.25, -0.2) is 0 Å². The van der Waals surface area contributed by atoms with Gasteiger partial charge in [0.25, 0.3) is 0 Å². The molecule has 1 N–H and O–H groups in total. The van der Waals surface area contributed by atoms with Crippen LogP contribution < -0.4 is 15.0 Å². The molecule has 7 nitrogen and oxygen atoms in total. The Hall–Kier alpha value is -2.83. The van der Waals surface area contributed by atoms with Gasteiger partial charge >= 0.3 is 0 Å². The van der Waals surface area contributed by atoms with Crippen LogP contribution >= 0.6 is 0 Å². The normalized spacial score (nSPS) is 17.0. The standard InChI is InChI=1S/C18H22N4O3/c1-11-5-6-15(25-4)14(7-11)22-10-13(9-17(22)23)18(24)19-16-8-12(2)20-21(16)3/h5-8,13H,9-10H2,1-4H3,(H,19,24). The topological polar surface area (TPSA) is 76.5 Å². The van der Waals surface area contributed by atoms with Crippen molar-refractivity contribution in [1.82, 2.24) is 9.78 Å². The molecule has 2 amide bonds. The maximum absolute atomic E-state index is 12.6. The van der Waals surface area contributed by atoms with Gasteiger partial charge < -0.3 is 15.0 Å². The van der Waals surface area contributed by atoms with Crippen LogP contribution in [0.15, 0.2) is 24.3 Å². The summed E-state index contributed by atoms with van der Waals surface area (Å²) >= 11 is 0. The van der Waals surface area contributed by atoms with Gasteiger partial charge in [-0.1, -0.05) is 6.07 Å². The van der Waals surface area contributed by atoms with Gasteiger partial charge in [0.1, 0.15) is 11.6 Å². The molecule has 1 unspecified atom stereocenters. The zero-order valence-electron chi connectivity index (χ0n) is 14.9. The first kappa shape index (κ1) is 17.0. The Morgan fingerprint density at radius 3 is 2.72 bits per heavy atom. The Morgan fingerprint density at radius 2 is 2.08 bits per heavy atom. The predicted molar refractivity (Wildman–Crippen MR) is 94.8 cm³/mol. The number of hydrogen-bond acceptors (Lipinski definition) is 4. The van der Waals surface area contributed by atoms with Crippen molar-refractivity contribution in [2.75, 3.05) is 23.9 Å². The van der Waals surface area contributed by atoms with E-state index in [1.807, 2.05) is 32.0 Å². The third-order valence-corrected chi connectivity index (χ3v) is 4.37. The monoisotopic (exact) mass is 342 g/mol. The predicted octanol–water partition coefficient (Wildman–Crippen LogP) is 2.04. The number of methoxy groups -OCH3 is 1. The average molecular weight is 342 g/mol. The van der Waals surface area contributed by atoms with Crippen molar-refractivity contribution in [3.63, 3.8) is 0 Å². The van der Waals surface area contributed by atoms with Gasteiger partial charge in [-0.3, -0.25) is 14.3 Å². The lowest BCUT2D eigenvalue weighted by Gasteiger charge is -2.20. The number of rotatable bonds is 4. The molecule has 0 aliphatic carbocycles. The summed E-state index contributed by atoms with van der Waals surface area (Å²) in [6.07, 6.45) is 0.180. The van der Waals surface area contributed by atoms with E-state index >= 15 is 0 Å². The van der Waals surface area contributed by atoms with Crippen LogP contribution in [0.1, 0.15) is 17.7 Å². The van der Waals surface area contributed by atoms with E-state index in [1.165, 1.54) is 0 Å². The summed E-state index contributed by atoms with van der Waals surface area (Å²) in [4.78, 5) is 26.7. The number of amides is 2. The fourth-order valence-electron chi connectivity index (χ4n) is 3.08. The van der Waals surface area contributed by atoms with Crippen LogP contribution in [-0.2, 0) is 16.6 Å². The molecule has 0 radical (unpaired) electrons. The zero-order valence-corrected chi connectivity index (χ0v) is 14.9. The lowest BCUT2D eigenvalue weighted by molar-refractivity contribution is -0.122. The smallest absolute Gasteiger partial charge is 0.230 e. The Labute approximate surface area is 146 Å². The highest BCUT2D eigenvalue weighted by Gasteiger charge is 2.36. The van der Waals surface area contributed by atoms with Gasteiger partial charge in [0.2, 0.25) is 11.8 Å². The van der Waals surface area contributed by atoms with Gasteiger partial charge in [-0.15, -0.1) is 0 Å². The largest absolute Gasteiger partial charge is 0.495 e. The fraction of sp³-hybridized carbons (Fsp3) is 0.389. The fourth-order valence-corrected chi connectivity index (χ4v) is 3.08. The molecule has 1 fully saturated rings. The number of ether oxygens (including phenoxy) is 1. The summed E-state index contributed by atoms with van der Waals surface area (Å²) in [5, 5.41) is 7.07. The van der Waals surface area contributed by atoms with Crippen molar-refractivity contribution in [3.8, 4) is 5.75 Å². The Kier molecular flexibility index (Phi) is 4.48. The molecular formula is C18H22N4O3. The molecule has 1 aromatic heterocycles. The molecular weight excluding hydrogens is 320 g/mol. The summed E-state index contributed by atoms with van der Waals surface area (Å²) in [7, 11) is 3.34. The van der Waals surface area contributed by atoms with Gasteiger partial charge in [0.05, 0.1) is 24.4 Å². The number of nitrogens with one attached hydrogen (secondary N) is 1. The summed E-state index contributed by atoms with van der Waals surface area (Å²) in [5.74, 6) is 0.590. The van der Waals surface area contributed by atoms with Crippen LogP contribution in [0, 0.1) is 19.8 Å². The molecule has 1 aromatic carbocycles. The molecule has 2 aromatic rings. The average Bonchev–Trinajstić information content (AvgIpc) is 3.09. The molecule has 3 rings (SSSR count). The maximum Gasteiger partial charge on any atom is 0.230 e. The minimum Gasteiger partial charge on any atom is -0.495 e. The summed E-state index contributed by atoms with van der Waals surface area (Å²) < 4.78 is 6.98. The van der Waals surface area contributed by atoms with Crippen molar-refractivity contribution in [3.05, 3.63) is 35.5 Å². The van der Waals surface area contributed by atoms with Crippen LogP contribution in [0.5, 0.6) is 5.75 Å². The Bertz CT molecular complexity index is 828. The number of carbonyl (C=O) groups is 2. The van der Waals surface area contributed by atoms with Crippen molar-refractivity contribution in [1.29, 1.82) is 0 Å². The van der Waals surface area contributed by atoms with Crippen LogP contribution in [0.2, 0.25) is 0 Å². The third-order valence-electron chi connectivity index (χ3n) is 4.37. The van der Waals surface area contributed by atoms with E-state index in [1.54, 1.807) is 29.8 Å². The SMILES string of the molecule is COc1ccc(C)cc1N1CC(C(=O)Nc2cc(C)nn2C)CC1=O. The molecule has 1 atom stereocenters. The second-order valence-corrected chi connectivity index (χ2v) is 6.36. The minimum absolute atomic E-state index is 0.0785. The molecule has 7 heteroatoms. The number of hydrogen-bond donors (Lipinski definition) is 1. The number of carbonyl (C=O) groups excluding carboxylic acids is 2. The molecule has 2 heterocycles. The molecule has 25 heavy (non-hydrogen) atoms. The van der Waals surface area contributed by atoms with E-state index in [4.69, 9.17) is 4.74 Å². The number of aromatic nitrogens is 2. The second kappa shape index (κ2) is 6.58. The van der Waals surface area contributed by atoms with Crippen molar-refractivity contribution in [2.24, 2.45) is 13.0 Å². The molecule has 0 bridgehead atoms.